The van der Waals surface area contributed by atoms with Gasteiger partial charge in [-0.2, -0.15) is 0 Å². The van der Waals surface area contributed by atoms with Crippen LogP contribution in [0, 0.1) is 17.7 Å². The molecule has 10 heteroatoms. The molecule has 4 aromatic rings. The Labute approximate surface area is 288 Å². The van der Waals surface area contributed by atoms with Crippen molar-refractivity contribution < 1.29 is 14.0 Å². The Morgan fingerprint density at radius 1 is 0.870 bits per heavy atom. The van der Waals surface area contributed by atoms with Crippen LogP contribution in [0.2, 0.25) is 15.1 Å². The maximum absolute atomic E-state index is 14.0. The van der Waals surface area contributed by atoms with Crippen LogP contribution in [0.4, 0.5) is 10.1 Å². The van der Waals surface area contributed by atoms with E-state index in [4.69, 9.17) is 34.8 Å². The van der Waals surface area contributed by atoms with Gasteiger partial charge in [0, 0.05) is 41.3 Å². The Bertz CT molecular complexity index is 1680. The molecular weight excluding hydrogens is 664 g/mol. The predicted octanol–water partition coefficient (Wildman–Crippen LogP) is 9.23. The largest absolute Gasteiger partial charge is 0.338 e. The minimum atomic E-state index is -0.196. The third-order valence-corrected chi connectivity index (χ3v) is 11.7. The molecule has 2 amide bonds. The summed E-state index contributed by atoms with van der Waals surface area (Å²) in [5, 5.41) is 2.27. The first-order valence-corrected chi connectivity index (χ1v) is 17.9. The van der Waals surface area contributed by atoms with Crippen LogP contribution in [-0.4, -0.2) is 60.9 Å². The number of hydrogen-bond donors (Lipinski definition) is 0. The molecule has 0 aliphatic carbocycles. The zero-order chi connectivity index (χ0) is 32.2. The monoisotopic (exact) mass is 699 g/mol. The van der Waals surface area contributed by atoms with E-state index < -0.39 is 0 Å². The molecule has 3 aromatic carbocycles. The van der Waals surface area contributed by atoms with Crippen molar-refractivity contribution in [2.24, 2.45) is 11.8 Å². The smallest absolute Gasteiger partial charge is 0.265 e. The van der Waals surface area contributed by atoms with Crippen LogP contribution in [0.3, 0.4) is 0 Å². The molecule has 0 atom stereocenters. The third-order valence-electron chi connectivity index (χ3n) is 9.34. The van der Waals surface area contributed by atoms with Gasteiger partial charge in [0.25, 0.3) is 5.91 Å². The van der Waals surface area contributed by atoms with Crippen LogP contribution < -0.4 is 4.90 Å². The number of piperidine rings is 2. The molecule has 0 N–H and O–H groups in total. The topological polar surface area (TPSA) is 43.9 Å². The minimum absolute atomic E-state index is 0.0587. The van der Waals surface area contributed by atoms with Crippen LogP contribution in [0.25, 0.3) is 10.1 Å². The molecule has 46 heavy (non-hydrogen) atoms. The molecule has 0 unspecified atom stereocenters. The maximum Gasteiger partial charge on any atom is 0.265 e. The van der Waals surface area contributed by atoms with E-state index in [1.807, 2.05) is 52.3 Å². The second-order valence-corrected chi connectivity index (χ2v) is 14.6. The van der Waals surface area contributed by atoms with Gasteiger partial charge in [-0.1, -0.05) is 65.1 Å². The molecule has 2 fully saturated rings. The highest BCUT2D eigenvalue weighted by atomic mass is 35.5. The third kappa shape index (κ3) is 7.71. The molecule has 2 aliphatic rings. The number of fused-ring (bicyclic) bond motifs is 1. The maximum atomic E-state index is 14.0. The fraction of sp³-hybridized carbons (Fsp3) is 0.389. The summed E-state index contributed by atoms with van der Waals surface area (Å²) in [5.41, 5.74) is 1.93. The number of anilines is 1. The summed E-state index contributed by atoms with van der Waals surface area (Å²) in [7, 11) is 0. The Hall–Kier alpha value is -2.68. The van der Waals surface area contributed by atoms with E-state index in [1.165, 1.54) is 29.0 Å². The number of thiophene rings is 1. The normalized spacial score (nSPS) is 16.7. The van der Waals surface area contributed by atoms with Gasteiger partial charge in [0.15, 0.2) is 0 Å². The number of carbonyl (C=O) groups is 2. The fourth-order valence-electron chi connectivity index (χ4n) is 6.68. The second kappa shape index (κ2) is 15.0. The lowest BCUT2D eigenvalue weighted by Crippen LogP contribution is -2.45. The lowest BCUT2D eigenvalue weighted by Gasteiger charge is -2.35. The average molecular weight is 701 g/mol. The number of amides is 2. The van der Waals surface area contributed by atoms with Gasteiger partial charge < -0.3 is 14.7 Å². The van der Waals surface area contributed by atoms with Crippen molar-refractivity contribution in [3.05, 3.63) is 98.1 Å². The van der Waals surface area contributed by atoms with Crippen molar-refractivity contribution in [3.63, 3.8) is 0 Å². The summed E-state index contributed by atoms with van der Waals surface area (Å²) in [5.74, 6) is 0.200. The summed E-state index contributed by atoms with van der Waals surface area (Å²) < 4.78 is 14.3. The quantitative estimate of drug-likeness (QED) is 0.175. The number of halogens is 4. The highest BCUT2D eigenvalue weighted by Crippen LogP contribution is 2.37. The predicted molar refractivity (Wildman–Crippen MR) is 188 cm³/mol. The molecule has 6 rings (SSSR count). The van der Waals surface area contributed by atoms with E-state index in [0.29, 0.717) is 58.3 Å². The van der Waals surface area contributed by atoms with Gasteiger partial charge in [0.05, 0.1) is 15.1 Å². The first kappa shape index (κ1) is 33.2. The van der Waals surface area contributed by atoms with Crippen LogP contribution in [0.15, 0.2) is 66.7 Å². The van der Waals surface area contributed by atoms with E-state index in [0.717, 1.165) is 61.1 Å². The molecule has 2 saturated heterocycles. The van der Waals surface area contributed by atoms with Crippen molar-refractivity contribution in [1.82, 2.24) is 9.80 Å². The van der Waals surface area contributed by atoms with E-state index in [1.54, 1.807) is 12.1 Å². The Kier molecular flexibility index (Phi) is 10.9. The number of rotatable bonds is 9. The summed E-state index contributed by atoms with van der Waals surface area (Å²) in [6, 6.07) is 20.0. The average Bonchev–Trinajstić information content (AvgIpc) is 3.42. The molecule has 0 saturated carbocycles. The van der Waals surface area contributed by atoms with Crippen molar-refractivity contribution in [2.75, 3.05) is 44.2 Å². The van der Waals surface area contributed by atoms with E-state index >= 15 is 0 Å². The minimum Gasteiger partial charge on any atom is -0.338 e. The number of nitrogens with zero attached hydrogens (tertiary/aromatic N) is 3. The molecule has 2 aliphatic heterocycles. The van der Waals surface area contributed by atoms with Gasteiger partial charge in [-0.05, 0) is 106 Å². The highest BCUT2D eigenvalue weighted by Gasteiger charge is 2.33. The van der Waals surface area contributed by atoms with Crippen molar-refractivity contribution >= 4 is 73.7 Å². The lowest BCUT2D eigenvalue weighted by atomic mass is 9.90. The Balaban J connectivity index is 1.04. The second-order valence-electron chi connectivity index (χ2n) is 12.4. The van der Waals surface area contributed by atoms with Crippen molar-refractivity contribution in [2.45, 2.75) is 38.5 Å². The van der Waals surface area contributed by atoms with Gasteiger partial charge in [-0.15, -0.1) is 11.3 Å². The molecule has 242 valence electrons. The first-order valence-electron chi connectivity index (χ1n) is 16.0. The molecule has 0 bridgehead atoms. The van der Waals surface area contributed by atoms with E-state index in [-0.39, 0.29) is 23.5 Å². The molecule has 0 radical (unpaired) electrons. The lowest BCUT2D eigenvalue weighted by molar-refractivity contribution is -0.123. The number of likely N-dealkylation sites (tertiary alicyclic amines) is 2. The standard InChI is InChI=1S/C36H37Cl3FN3O2S/c37-30-11-10-28(23-31(30)38)43(17-3-16-41-18-12-25(13-19-41)22-24-6-8-27(40)9-7-24)35(44)26-14-20-42(21-15-26)36(45)34-33(39)29-4-1-2-5-32(29)46-34/h1-2,4-11,23,25-26H,3,12-22H2. The zero-order valence-electron chi connectivity index (χ0n) is 25.6. The highest BCUT2D eigenvalue weighted by molar-refractivity contribution is 7.21. The number of hydrogen-bond acceptors (Lipinski definition) is 4. The van der Waals surface area contributed by atoms with Crippen LogP contribution in [-0.2, 0) is 11.2 Å². The van der Waals surface area contributed by atoms with Crippen LogP contribution >= 0.6 is 46.1 Å². The van der Waals surface area contributed by atoms with Gasteiger partial charge >= 0.3 is 0 Å². The van der Waals surface area contributed by atoms with Gasteiger partial charge in [-0.25, -0.2) is 4.39 Å². The molecule has 1 aromatic heterocycles. The van der Waals surface area contributed by atoms with E-state index in [2.05, 4.69) is 4.90 Å². The Morgan fingerprint density at radius 2 is 1.59 bits per heavy atom. The Morgan fingerprint density at radius 3 is 2.28 bits per heavy atom. The fourth-order valence-corrected chi connectivity index (χ4v) is 8.46. The molecule has 0 spiro atoms. The van der Waals surface area contributed by atoms with Gasteiger partial charge in [0.2, 0.25) is 5.91 Å². The van der Waals surface area contributed by atoms with Crippen molar-refractivity contribution in [1.29, 1.82) is 0 Å². The molecule has 3 heterocycles. The first-order chi connectivity index (χ1) is 22.3. The van der Waals surface area contributed by atoms with E-state index in [9.17, 15) is 14.0 Å². The summed E-state index contributed by atoms with van der Waals surface area (Å²) in [6.07, 6.45) is 5.21. The van der Waals surface area contributed by atoms with Crippen molar-refractivity contribution in [3.8, 4) is 0 Å². The van der Waals surface area contributed by atoms with Gasteiger partial charge in [0.1, 0.15) is 10.7 Å². The summed E-state index contributed by atoms with van der Waals surface area (Å²) >= 11 is 20.6. The number of benzene rings is 3. The SMILES string of the molecule is O=C(c1sc2ccccc2c1Cl)N1CCC(C(=O)N(CCCN2CCC(Cc3ccc(F)cc3)CC2)c2ccc(Cl)c(Cl)c2)CC1. The van der Waals surface area contributed by atoms with Crippen LogP contribution in [0.1, 0.15) is 47.3 Å². The van der Waals surface area contributed by atoms with Gasteiger partial charge in [-0.3, -0.25) is 9.59 Å². The molecular formula is C36H37Cl3FN3O2S. The number of carbonyl (C=O) groups excluding carboxylic acids is 2. The molecule has 5 nitrogen and oxygen atoms in total. The summed E-state index contributed by atoms with van der Waals surface area (Å²) in [6.45, 7) is 4.51. The van der Waals surface area contributed by atoms with Crippen LogP contribution in [0.5, 0.6) is 0 Å². The summed E-state index contributed by atoms with van der Waals surface area (Å²) in [4.78, 5) is 34.2. The zero-order valence-corrected chi connectivity index (χ0v) is 28.7.